The Morgan fingerprint density at radius 3 is 2.70 bits per heavy atom. The molecule has 1 rings (SSSR count). The van der Waals surface area contributed by atoms with Gasteiger partial charge in [-0.3, -0.25) is 15.0 Å². The molecule has 0 aliphatic rings. The van der Waals surface area contributed by atoms with E-state index < -0.39 is 23.5 Å². The number of carboxylic acids is 1. The van der Waals surface area contributed by atoms with Crippen LogP contribution in [-0.4, -0.2) is 35.7 Å². The van der Waals surface area contributed by atoms with Gasteiger partial charge in [-0.25, -0.2) is 15.1 Å². The van der Waals surface area contributed by atoms with Gasteiger partial charge in [0.15, 0.2) is 6.61 Å². The predicted molar refractivity (Wildman–Crippen MR) is 65.4 cm³/mol. The smallest absolute Gasteiger partial charge is 0.343 e. The third-order valence-electron chi connectivity index (χ3n) is 2.00. The predicted octanol–water partition coefficient (Wildman–Crippen LogP) is 0.741. The van der Waals surface area contributed by atoms with Crippen molar-refractivity contribution in [2.24, 2.45) is 0 Å². The van der Waals surface area contributed by atoms with Crippen molar-refractivity contribution in [3.8, 4) is 5.75 Å². The molecule has 10 heteroatoms. The van der Waals surface area contributed by atoms with E-state index in [2.05, 4.69) is 10.2 Å². The number of hydroxylamine groups is 1. The topological polar surface area (TPSA) is 140 Å². The number of hydrogen-bond donors (Lipinski definition) is 3. The van der Waals surface area contributed by atoms with Crippen LogP contribution in [-0.2, 0) is 9.63 Å². The molecule has 108 valence electrons. The number of ether oxygens (including phenoxy) is 1. The zero-order valence-electron chi connectivity index (χ0n) is 10.3. The first-order chi connectivity index (χ1) is 9.43. The van der Waals surface area contributed by atoms with Gasteiger partial charge in [-0.15, -0.1) is 0 Å². The van der Waals surface area contributed by atoms with Gasteiger partial charge in [-0.1, -0.05) is 0 Å². The van der Waals surface area contributed by atoms with Crippen LogP contribution >= 0.6 is 0 Å². The van der Waals surface area contributed by atoms with Crippen molar-refractivity contribution in [2.75, 3.05) is 19.0 Å². The van der Waals surface area contributed by atoms with Gasteiger partial charge in [0.2, 0.25) is 0 Å². The van der Waals surface area contributed by atoms with Crippen LogP contribution in [0.5, 0.6) is 5.75 Å². The zero-order valence-corrected chi connectivity index (χ0v) is 10.3. The Balaban J connectivity index is 2.69. The summed E-state index contributed by atoms with van der Waals surface area (Å²) in [5.74, 6) is -1.18. The number of carbonyl (C=O) groups excluding carboxylic acids is 1. The van der Waals surface area contributed by atoms with E-state index in [1.54, 1.807) is 0 Å². The first-order valence-corrected chi connectivity index (χ1v) is 5.17. The molecule has 0 spiro atoms. The molecule has 0 bridgehead atoms. The van der Waals surface area contributed by atoms with Crippen LogP contribution in [0, 0.1) is 10.1 Å². The molecule has 1 aromatic rings. The van der Waals surface area contributed by atoms with E-state index in [9.17, 15) is 19.7 Å². The molecule has 1 aromatic carbocycles. The molecule has 0 saturated heterocycles. The van der Waals surface area contributed by atoms with Crippen molar-refractivity contribution in [3.63, 3.8) is 0 Å². The van der Waals surface area contributed by atoms with Gasteiger partial charge in [-0.2, -0.15) is 0 Å². The Labute approximate surface area is 112 Å². The average molecular weight is 285 g/mol. The highest BCUT2D eigenvalue weighted by Crippen LogP contribution is 2.28. The van der Waals surface area contributed by atoms with E-state index in [1.165, 1.54) is 19.2 Å². The SMILES string of the molecule is COc1cc([N+](=O)[O-])ccc1NC(=O)NOCC(=O)O. The second-order valence-electron chi connectivity index (χ2n) is 3.38. The minimum absolute atomic E-state index is 0.0765. The van der Waals surface area contributed by atoms with E-state index in [0.717, 1.165) is 6.07 Å². The molecule has 0 fully saturated rings. The number of nitrogens with one attached hydrogen (secondary N) is 2. The lowest BCUT2D eigenvalue weighted by molar-refractivity contribution is -0.384. The van der Waals surface area contributed by atoms with Gasteiger partial charge in [0.05, 0.1) is 23.8 Å². The highest BCUT2D eigenvalue weighted by atomic mass is 16.7. The number of methoxy groups -OCH3 is 1. The summed E-state index contributed by atoms with van der Waals surface area (Å²) in [6.07, 6.45) is 0. The standard InChI is InChI=1S/C10H11N3O7/c1-19-8-4-6(13(17)18)2-3-7(8)11-10(16)12-20-5-9(14)15/h2-4H,5H2,1H3,(H,14,15)(H2,11,12,16). The summed E-state index contributed by atoms with van der Waals surface area (Å²) < 4.78 is 4.90. The van der Waals surface area contributed by atoms with Crippen molar-refractivity contribution < 1.29 is 29.2 Å². The minimum Gasteiger partial charge on any atom is -0.494 e. The zero-order chi connectivity index (χ0) is 15.1. The number of nitro groups is 1. The van der Waals surface area contributed by atoms with Crippen molar-refractivity contribution >= 4 is 23.4 Å². The van der Waals surface area contributed by atoms with Crippen molar-refractivity contribution in [1.29, 1.82) is 0 Å². The molecule has 0 unspecified atom stereocenters. The van der Waals surface area contributed by atoms with Crippen molar-refractivity contribution in [1.82, 2.24) is 5.48 Å². The summed E-state index contributed by atoms with van der Waals surface area (Å²) in [7, 11) is 1.28. The second kappa shape index (κ2) is 6.89. The highest BCUT2D eigenvalue weighted by molar-refractivity contribution is 5.90. The number of aliphatic carboxylic acids is 1. The van der Waals surface area contributed by atoms with E-state index in [0.29, 0.717) is 0 Å². The summed E-state index contributed by atoms with van der Waals surface area (Å²) in [5.41, 5.74) is 1.79. The summed E-state index contributed by atoms with van der Waals surface area (Å²) in [6.45, 7) is -0.704. The molecular formula is C10H11N3O7. The summed E-state index contributed by atoms with van der Waals surface area (Å²) in [5, 5.41) is 21.2. The maximum atomic E-state index is 11.4. The molecule has 10 nitrogen and oxygen atoms in total. The normalized spacial score (nSPS) is 9.65. The van der Waals surface area contributed by atoms with Gasteiger partial charge < -0.3 is 15.2 Å². The van der Waals surface area contributed by atoms with E-state index >= 15 is 0 Å². The third-order valence-corrected chi connectivity index (χ3v) is 2.00. The lowest BCUT2D eigenvalue weighted by atomic mass is 10.2. The molecule has 3 N–H and O–H groups in total. The largest absolute Gasteiger partial charge is 0.494 e. The maximum Gasteiger partial charge on any atom is 0.343 e. The number of hydrogen-bond acceptors (Lipinski definition) is 6. The Hall–Kier alpha value is -2.88. The number of nitrogens with zero attached hydrogens (tertiary/aromatic N) is 1. The minimum atomic E-state index is -1.25. The van der Waals surface area contributed by atoms with Crippen LogP contribution in [0.15, 0.2) is 18.2 Å². The Kier molecular flexibility index (Phi) is 5.23. The number of anilines is 1. The fraction of sp³-hybridized carbons (Fsp3) is 0.200. The third kappa shape index (κ3) is 4.42. The number of benzene rings is 1. The second-order valence-corrected chi connectivity index (χ2v) is 3.38. The van der Waals surface area contributed by atoms with Crippen LogP contribution in [0.1, 0.15) is 0 Å². The molecule has 0 heterocycles. The Bertz CT molecular complexity index is 532. The van der Waals surface area contributed by atoms with Gasteiger partial charge in [0, 0.05) is 6.07 Å². The van der Waals surface area contributed by atoms with Crippen LogP contribution in [0.3, 0.4) is 0 Å². The number of carboxylic acid groups (broad SMARTS) is 1. The lowest BCUT2D eigenvalue weighted by Gasteiger charge is -2.10. The first kappa shape index (κ1) is 15.2. The van der Waals surface area contributed by atoms with E-state index in [1.807, 2.05) is 5.48 Å². The highest BCUT2D eigenvalue weighted by Gasteiger charge is 2.13. The molecule has 2 amide bonds. The molecule has 0 aromatic heterocycles. The van der Waals surface area contributed by atoms with Crippen LogP contribution in [0.4, 0.5) is 16.2 Å². The summed E-state index contributed by atoms with van der Waals surface area (Å²) in [4.78, 5) is 35.8. The molecule has 20 heavy (non-hydrogen) atoms. The van der Waals surface area contributed by atoms with Gasteiger partial charge in [0.1, 0.15) is 5.75 Å². The molecule has 0 atom stereocenters. The Morgan fingerprint density at radius 1 is 1.45 bits per heavy atom. The van der Waals surface area contributed by atoms with E-state index in [4.69, 9.17) is 9.84 Å². The number of amides is 2. The lowest BCUT2D eigenvalue weighted by Crippen LogP contribution is -2.30. The number of urea groups is 1. The fourth-order valence-corrected chi connectivity index (χ4v) is 1.21. The number of rotatable bonds is 6. The van der Waals surface area contributed by atoms with Crippen LogP contribution in [0.2, 0.25) is 0 Å². The quantitative estimate of drug-likeness (QED) is 0.517. The van der Waals surface area contributed by atoms with Gasteiger partial charge in [0.25, 0.3) is 5.69 Å². The monoisotopic (exact) mass is 285 g/mol. The molecular weight excluding hydrogens is 274 g/mol. The number of non-ortho nitro benzene ring substituents is 1. The van der Waals surface area contributed by atoms with Crippen LogP contribution < -0.4 is 15.5 Å². The van der Waals surface area contributed by atoms with Gasteiger partial charge >= 0.3 is 12.0 Å². The van der Waals surface area contributed by atoms with Crippen LogP contribution in [0.25, 0.3) is 0 Å². The molecule has 0 radical (unpaired) electrons. The molecule has 0 saturated carbocycles. The summed E-state index contributed by atoms with van der Waals surface area (Å²) >= 11 is 0. The van der Waals surface area contributed by atoms with E-state index in [-0.39, 0.29) is 17.1 Å². The number of nitro benzene ring substituents is 1. The first-order valence-electron chi connectivity index (χ1n) is 5.17. The average Bonchev–Trinajstić information content (AvgIpc) is 2.38. The number of carbonyl (C=O) groups is 2. The summed E-state index contributed by atoms with van der Waals surface area (Å²) in [6, 6.07) is 2.73. The maximum absolute atomic E-state index is 11.4. The Morgan fingerprint density at radius 2 is 2.15 bits per heavy atom. The van der Waals surface area contributed by atoms with Crippen molar-refractivity contribution in [2.45, 2.75) is 0 Å². The molecule has 0 aliphatic carbocycles. The van der Waals surface area contributed by atoms with Crippen molar-refractivity contribution in [3.05, 3.63) is 28.3 Å². The fourth-order valence-electron chi connectivity index (χ4n) is 1.21. The van der Waals surface area contributed by atoms with Gasteiger partial charge in [-0.05, 0) is 6.07 Å². The molecule has 0 aliphatic heterocycles.